The molecule has 0 spiro atoms. The normalized spacial score (nSPS) is 12.8. The van der Waals surface area contributed by atoms with Gasteiger partial charge in [-0.15, -0.1) is 10.2 Å². The Morgan fingerprint density at radius 1 is 1.10 bits per heavy atom. The maximum atomic E-state index is 13.8. The Morgan fingerprint density at radius 2 is 1.85 bits per heavy atom. The largest absolute Gasteiger partial charge is 0.311 e. The van der Waals surface area contributed by atoms with Crippen molar-refractivity contribution >= 4 is 22.1 Å². The first kappa shape index (κ1) is 13.1. The second-order valence-corrected chi connectivity index (χ2v) is 5.61. The molecule has 1 aromatic heterocycles. The summed E-state index contributed by atoms with van der Waals surface area (Å²) in [5.41, 5.74) is 0.925. The van der Waals surface area contributed by atoms with Crippen LogP contribution >= 0.6 is 11.3 Å². The second kappa shape index (κ2) is 5.26. The highest BCUT2D eigenvalue weighted by atomic mass is 32.1. The third-order valence-electron chi connectivity index (χ3n) is 3.35. The number of nitrogens with one attached hydrogen (secondary N) is 1. The minimum absolute atomic E-state index is 0.160. The molecule has 1 unspecified atom stereocenters. The fourth-order valence-electron chi connectivity index (χ4n) is 2.09. The molecule has 0 aliphatic rings. The van der Waals surface area contributed by atoms with E-state index in [-0.39, 0.29) is 11.9 Å². The topological polar surface area (TPSA) is 37.8 Å². The smallest absolute Gasteiger partial charge is 0.148 e. The van der Waals surface area contributed by atoms with Crippen molar-refractivity contribution in [2.45, 2.75) is 13.0 Å². The summed E-state index contributed by atoms with van der Waals surface area (Å²) < 4.78 is 13.8. The molecular formula is C15H14FN3S. The number of hydrogen-bond acceptors (Lipinski definition) is 4. The summed E-state index contributed by atoms with van der Waals surface area (Å²) in [6.07, 6.45) is 0. The van der Waals surface area contributed by atoms with Crippen LogP contribution in [-0.4, -0.2) is 17.2 Å². The van der Waals surface area contributed by atoms with Crippen molar-refractivity contribution in [3.8, 4) is 10.6 Å². The Hall–Kier alpha value is -1.85. The number of halogens is 1. The summed E-state index contributed by atoms with van der Waals surface area (Å²) in [7, 11) is 1.89. The van der Waals surface area contributed by atoms with Crippen molar-refractivity contribution in [2.24, 2.45) is 0 Å². The third-order valence-corrected chi connectivity index (χ3v) is 4.48. The van der Waals surface area contributed by atoms with E-state index in [0.717, 1.165) is 21.0 Å². The first-order chi connectivity index (χ1) is 9.70. The molecule has 3 aromatic rings. The molecule has 0 aliphatic heterocycles. The first-order valence-corrected chi connectivity index (χ1v) is 7.20. The van der Waals surface area contributed by atoms with Gasteiger partial charge < -0.3 is 5.32 Å². The van der Waals surface area contributed by atoms with Gasteiger partial charge in [0.1, 0.15) is 15.8 Å². The van der Waals surface area contributed by atoms with Crippen molar-refractivity contribution in [1.29, 1.82) is 0 Å². The van der Waals surface area contributed by atoms with E-state index in [1.807, 2.05) is 32.2 Å². The number of rotatable bonds is 3. The minimum atomic E-state index is -0.210. The number of aromatic nitrogens is 2. The molecule has 3 rings (SSSR count). The maximum absolute atomic E-state index is 13.8. The van der Waals surface area contributed by atoms with Crippen LogP contribution in [0.1, 0.15) is 18.0 Å². The Labute approximate surface area is 120 Å². The Bertz CT molecular complexity index is 754. The lowest BCUT2D eigenvalue weighted by Gasteiger charge is -2.05. The average molecular weight is 287 g/mol. The van der Waals surface area contributed by atoms with Crippen LogP contribution in [0.4, 0.5) is 4.39 Å². The van der Waals surface area contributed by atoms with Crippen molar-refractivity contribution in [1.82, 2.24) is 15.5 Å². The molecule has 3 nitrogen and oxygen atoms in total. The molecule has 0 amide bonds. The Balaban J connectivity index is 2.15. The van der Waals surface area contributed by atoms with E-state index in [1.165, 1.54) is 17.4 Å². The third kappa shape index (κ3) is 2.19. The molecule has 0 aliphatic carbocycles. The molecule has 1 heterocycles. The monoisotopic (exact) mass is 287 g/mol. The van der Waals surface area contributed by atoms with Gasteiger partial charge in [-0.25, -0.2) is 4.39 Å². The summed E-state index contributed by atoms with van der Waals surface area (Å²) in [4.78, 5) is 0. The zero-order valence-corrected chi connectivity index (χ0v) is 12.0. The van der Waals surface area contributed by atoms with Crippen LogP contribution in [0.3, 0.4) is 0 Å². The van der Waals surface area contributed by atoms with Gasteiger partial charge in [-0.3, -0.25) is 0 Å². The van der Waals surface area contributed by atoms with Gasteiger partial charge in [-0.2, -0.15) is 0 Å². The van der Waals surface area contributed by atoms with E-state index >= 15 is 0 Å². The molecule has 0 radical (unpaired) electrons. The molecule has 20 heavy (non-hydrogen) atoms. The van der Waals surface area contributed by atoms with Crippen LogP contribution < -0.4 is 5.32 Å². The quantitative estimate of drug-likeness (QED) is 0.796. The highest BCUT2D eigenvalue weighted by molar-refractivity contribution is 7.14. The number of fused-ring (bicyclic) bond motifs is 1. The van der Waals surface area contributed by atoms with Crippen LogP contribution in [-0.2, 0) is 0 Å². The SMILES string of the molecule is CNC(C)c1nnc(-c2ccc(F)c3ccccc23)s1. The average Bonchev–Trinajstić information content (AvgIpc) is 2.97. The van der Waals surface area contributed by atoms with Crippen molar-refractivity contribution in [2.75, 3.05) is 7.05 Å². The molecule has 0 saturated heterocycles. The van der Waals surface area contributed by atoms with Gasteiger partial charge in [0.25, 0.3) is 0 Å². The van der Waals surface area contributed by atoms with E-state index < -0.39 is 0 Å². The molecule has 0 fully saturated rings. The lowest BCUT2D eigenvalue weighted by Crippen LogP contribution is -2.11. The Kier molecular flexibility index (Phi) is 3.46. The molecule has 1 atom stereocenters. The van der Waals surface area contributed by atoms with Gasteiger partial charge in [0.15, 0.2) is 0 Å². The summed E-state index contributed by atoms with van der Waals surface area (Å²) in [6.45, 7) is 2.03. The lowest BCUT2D eigenvalue weighted by atomic mass is 10.0. The van der Waals surface area contributed by atoms with Gasteiger partial charge in [-0.1, -0.05) is 35.6 Å². The van der Waals surface area contributed by atoms with E-state index in [1.54, 1.807) is 12.1 Å². The van der Waals surface area contributed by atoms with Crippen LogP contribution in [0.15, 0.2) is 36.4 Å². The van der Waals surface area contributed by atoms with Crippen LogP contribution in [0, 0.1) is 5.82 Å². The summed E-state index contributed by atoms with van der Waals surface area (Å²) in [5, 5.41) is 14.8. The predicted octanol–water partition coefficient (Wildman–Crippen LogP) is 3.78. The van der Waals surface area contributed by atoms with Gasteiger partial charge in [-0.05, 0) is 31.5 Å². The molecule has 102 valence electrons. The number of hydrogen-bond donors (Lipinski definition) is 1. The first-order valence-electron chi connectivity index (χ1n) is 6.39. The Morgan fingerprint density at radius 3 is 2.60 bits per heavy atom. The van der Waals surface area contributed by atoms with Gasteiger partial charge >= 0.3 is 0 Å². The highest BCUT2D eigenvalue weighted by Gasteiger charge is 2.14. The van der Waals surface area contributed by atoms with E-state index in [2.05, 4.69) is 15.5 Å². The summed E-state index contributed by atoms with van der Waals surface area (Å²) in [6, 6.07) is 10.9. The van der Waals surface area contributed by atoms with Crippen molar-refractivity contribution in [3.63, 3.8) is 0 Å². The van der Waals surface area contributed by atoms with E-state index in [0.29, 0.717) is 5.39 Å². The van der Waals surface area contributed by atoms with Gasteiger partial charge in [0, 0.05) is 10.9 Å². The fraction of sp³-hybridized carbons (Fsp3) is 0.200. The molecule has 0 bridgehead atoms. The molecule has 5 heteroatoms. The minimum Gasteiger partial charge on any atom is -0.311 e. The van der Waals surface area contributed by atoms with Gasteiger partial charge in [0.05, 0.1) is 6.04 Å². The number of nitrogens with zero attached hydrogens (tertiary/aromatic N) is 2. The highest BCUT2D eigenvalue weighted by Crippen LogP contribution is 2.33. The van der Waals surface area contributed by atoms with E-state index in [4.69, 9.17) is 0 Å². The predicted molar refractivity (Wildman–Crippen MR) is 80.3 cm³/mol. The van der Waals surface area contributed by atoms with Crippen molar-refractivity contribution in [3.05, 3.63) is 47.2 Å². The fourth-order valence-corrected chi connectivity index (χ4v) is 3.03. The summed E-state index contributed by atoms with van der Waals surface area (Å²) >= 11 is 1.53. The molecule has 1 N–H and O–H groups in total. The number of benzene rings is 2. The summed E-state index contributed by atoms with van der Waals surface area (Å²) in [5.74, 6) is -0.210. The lowest BCUT2D eigenvalue weighted by molar-refractivity contribution is 0.639. The molecular weight excluding hydrogens is 273 g/mol. The van der Waals surface area contributed by atoms with Crippen molar-refractivity contribution < 1.29 is 4.39 Å². The van der Waals surface area contributed by atoms with Crippen LogP contribution in [0.25, 0.3) is 21.3 Å². The standard InChI is InChI=1S/C15H14FN3S/c1-9(17-2)14-18-19-15(20-14)12-7-8-13(16)11-6-4-3-5-10(11)12/h3-9,17H,1-2H3. The maximum Gasteiger partial charge on any atom is 0.148 e. The van der Waals surface area contributed by atoms with Gasteiger partial charge in [0.2, 0.25) is 0 Å². The molecule has 2 aromatic carbocycles. The molecule has 0 saturated carbocycles. The zero-order chi connectivity index (χ0) is 14.1. The van der Waals surface area contributed by atoms with E-state index in [9.17, 15) is 4.39 Å². The van der Waals surface area contributed by atoms with Crippen LogP contribution in [0.5, 0.6) is 0 Å². The zero-order valence-electron chi connectivity index (χ0n) is 11.2. The van der Waals surface area contributed by atoms with Crippen LogP contribution in [0.2, 0.25) is 0 Å². The second-order valence-electron chi connectivity index (χ2n) is 4.60.